The van der Waals surface area contributed by atoms with Crippen LogP contribution >= 0.6 is 0 Å². The van der Waals surface area contributed by atoms with E-state index in [1.807, 2.05) is 6.92 Å². The van der Waals surface area contributed by atoms with E-state index in [-0.39, 0.29) is 11.9 Å². The Morgan fingerprint density at radius 3 is 2.77 bits per heavy atom. The van der Waals surface area contributed by atoms with E-state index in [1.165, 1.54) is 12.8 Å². The summed E-state index contributed by atoms with van der Waals surface area (Å²) >= 11 is 0. The van der Waals surface area contributed by atoms with Gasteiger partial charge in [-0.15, -0.1) is 0 Å². The quantitative estimate of drug-likeness (QED) is 0.520. The van der Waals surface area contributed by atoms with Gasteiger partial charge >= 0.3 is 0 Å². The number of hydrogen-bond donors (Lipinski definition) is 2. The van der Waals surface area contributed by atoms with Crippen molar-refractivity contribution in [3.8, 4) is 0 Å². The fourth-order valence-corrected chi connectivity index (χ4v) is 1.86. The van der Waals surface area contributed by atoms with Crippen molar-refractivity contribution in [1.82, 2.24) is 0 Å². The number of hydrogen-bond acceptors (Lipinski definition) is 2. The van der Waals surface area contributed by atoms with Crippen molar-refractivity contribution < 1.29 is 4.74 Å². The van der Waals surface area contributed by atoms with E-state index in [9.17, 15) is 0 Å². The van der Waals surface area contributed by atoms with Crippen molar-refractivity contribution in [3.63, 3.8) is 0 Å². The van der Waals surface area contributed by atoms with Gasteiger partial charge < -0.3 is 10.5 Å². The first kappa shape index (κ1) is 10.5. The maximum atomic E-state index is 7.22. The van der Waals surface area contributed by atoms with Crippen LogP contribution in [0.5, 0.6) is 0 Å². The Hall–Kier alpha value is -0.570. The first-order chi connectivity index (χ1) is 6.09. The molecule has 0 saturated heterocycles. The zero-order chi connectivity index (χ0) is 9.84. The summed E-state index contributed by atoms with van der Waals surface area (Å²) in [6, 6.07) is 0. The maximum absolute atomic E-state index is 7.22. The SMILES string of the molecule is CC1CCCC(OC(C)C(=N)N)C1. The van der Waals surface area contributed by atoms with Crippen LogP contribution in [0.3, 0.4) is 0 Å². The second kappa shape index (κ2) is 4.61. The van der Waals surface area contributed by atoms with Gasteiger partial charge in [0.15, 0.2) is 0 Å². The Morgan fingerprint density at radius 1 is 1.54 bits per heavy atom. The van der Waals surface area contributed by atoms with Crippen LogP contribution in [0.25, 0.3) is 0 Å². The molecule has 0 aliphatic heterocycles. The summed E-state index contributed by atoms with van der Waals surface area (Å²) < 4.78 is 5.67. The molecule has 3 unspecified atom stereocenters. The summed E-state index contributed by atoms with van der Waals surface area (Å²) in [5.74, 6) is 0.899. The molecule has 3 nitrogen and oxygen atoms in total. The molecule has 3 N–H and O–H groups in total. The molecule has 76 valence electrons. The molecule has 1 fully saturated rings. The van der Waals surface area contributed by atoms with Gasteiger partial charge in [-0.05, 0) is 25.7 Å². The molecule has 0 aromatic rings. The second-order valence-electron chi connectivity index (χ2n) is 4.13. The second-order valence-corrected chi connectivity index (χ2v) is 4.13. The number of rotatable bonds is 3. The predicted octanol–water partition coefficient (Wildman–Crippen LogP) is 1.91. The van der Waals surface area contributed by atoms with E-state index in [4.69, 9.17) is 15.9 Å². The van der Waals surface area contributed by atoms with Crippen molar-refractivity contribution in [2.24, 2.45) is 11.7 Å². The highest BCUT2D eigenvalue weighted by atomic mass is 16.5. The molecule has 1 aliphatic rings. The fourth-order valence-electron chi connectivity index (χ4n) is 1.86. The molecule has 0 aromatic heterocycles. The highest BCUT2D eigenvalue weighted by molar-refractivity contribution is 5.81. The molecular formula is C10H20N2O. The maximum Gasteiger partial charge on any atom is 0.120 e. The van der Waals surface area contributed by atoms with Gasteiger partial charge in [-0.25, -0.2) is 0 Å². The molecule has 0 bridgehead atoms. The lowest BCUT2D eigenvalue weighted by Crippen LogP contribution is -2.33. The molecule has 0 aromatic carbocycles. The van der Waals surface area contributed by atoms with Gasteiger partial charge in [0.1, 0.15) is 11.9 Å². The van der Waals surface area contributed by atoms with E-state index in [1.54, 1.807) is 0 Å². The zero-order valence-electron chi connectivity index (χ0n) is 8.55. The van der Waals surface area contributed by atoms with Crippen LogP contribution in [0.4, 0.5) is 0 Å². The van der Waals surface area contributed by atoms with Crippen LogP contribution in [0.15, 0.2) is 0 Å². The minimum atomic E-state index is -0.213. The molecule has 0 spiro atoms. The summed E-state index contributed by atoms with van der Waals surface area (Å²) in [5.41, 5.74) is 5.35. The molecule has 0 radical (unpaired) electrons. The van der Waals surface area contributed by atoms with E-state index in [2.05, 4.69) is 6.92 Å². The first-order valence-corrected chi connectivity index (χ1v) is 5.09. The average Bonchev–Trinajstić information content (AvgIpc) is 2.04. The molecule has 3 atom stereocenters. The van der Waals surface area contributed by atoms with Crippen molar-refractivity contribution in [3.05, 3.63) is 0 Å². The summed E-state index contributed by atoms with van der Waals surface area (Å²) in [6.07, 6.45) is 4.92. The smallest absolute Gasteiger partial charge is 0.120 e. The fraction of sp³-hybridized carbons (Fsp3) is 0.900. The van der Waals surface area contributed by atoms with Crippen molar-refractivity contribution in [1.29, 1.82) is 5.41 Å². The third kappa shape index (κ3) is 3.35. The number of ether oxygens (including phenoxy) is 1. The summed E-state index contributed by atoms with van der Waals surface area (Å²) in [4.78, 5) is 0. The van der Waals surface area contributed by atoms with E-state index in [0.29, 0.717) is 6.10 Å². The van der Waals surface area contributed by atoms with Crippen LogP contribution in [0, 0.1) is 11.3 Å². The zero-order valence-corrected chi connectivity index (χ0v) is 8.55. The lowest BCUT2D eigenvalue weighted by atomic mass is 9.88. The monoisotopic (exact) mass is 184 g/mol. The summed E-state index contributed by atoms with van der Waals surface area (Å²) in [7, 11) is 0. The van der Waals surface area contributed by atoms with Crippen molar-refractivity contribution in [2.75, 3.05) is 0 Å². The van der Waals surface area contributed by atoms with E-state index in [0.717, 1.165) is 18.8 Å². The largest absolute Gasteiger partial charge is 0.385 e. The van der Waals surface area contributed by atoms with Gasteiger partial charge in [0, 0.05) is 0 Å². The minimum absolute atomic E-state index is 0.137. The highest BCUT2D eigenvalue weighted by Gasteiger charge is 2.21. The Labute approximate surface area is 80.2 Å². The minimum Gasteiger partial charge on any atom is -0.385 e. The van der Waals surface area contributed by atoms with Gasteiger partial charge in [0.05, 0.1) is 6.10 Å². The molecular weight excluding hydrogens is 164 g/mol. The van der Waals surface area contributed by atoms with Gasteiger partial charge in [-0.2, -0.15) is 0 Å². The summed E-state index contributed by atoms with van der Waals surface area (Å²) in [6.45, 7) is 4.11. The first-order valence-electron chi connectivity index (χ1n) is 5.09. The number of nitrogens with two attached hydrogens (primary N) is 1. The molecule has 1 rings (SSSR count). The van der Waals surface area contributed by atoms with Crippen LogP contribution in [-0.2, 0) is 4.74 Å². The molecule has 13 heavy (non-hydrogen) atoms. The average molecular weight is 184 g/mol. The molecule has 0 amide bonds. The summed E-state index contributed by atoms with van der Waals surface area (Å²) in [5, 5.41) is 7.22. The van der Waals surface area contributed by atoms with Crippen LogP contribution in [0.2, 0.25) is 0 Å². The predicted molar refractivity (Wildman–Crippen MR) is 53.9 cm³/mol. The topological polar surface area (TPSA) is 59.1 Å². The lowest BCUT2D eigenvalue weighted by molar-refractivity contribution is -0.00236. The van der Waals surface area contributed by atoms with Crippen LogP contribution < -0.4 is 5.73 Å². The van der Waals surface area contributed by atoms with Gasteiger partial charge in [0.2, 0.25) is 0 Å². The molecule has 1 saturated carbocycles. The normalized spacial score (nSPS) is 31.2. The Kier molecular flexibility index (Phi) is 3.72. The van der Waals surface area contributed by atoms with E-state index >= 15 is 0 Å². The molecule has 3 heteroatoms. The van der Waals surface area contributed by atoms with Crippen LogP contribution in [0.1, 0.15) is 39.5 Å². The molecule has 0 heterocycles. The Bertz CT molecular complexity index is 182. The van der Waals surface area contributed by atoms with Crippen LogP contribution in [-0.4, -0.2) is 18.0 Å². The third-order valence-corrected chi connectivity index (χ3v) is 2.72. The highest BCUT2D eigenvalue weighted by Crippen LogP contribution is 2.26. The third-order valence-electron chi connectivity index (χ3n) is 2.72. The van der Waals surface area contributed by atoms with Crippen molar-refractivity contribution in [2.45, 2.75) is 51.7 Å². The Balaban J connectivity index is 2.31. The standard InChI is InChI=1S/C10H20N2O/c1-7-4-3-5-9(6-7)13-8(2)10(11)12/h7-9H,3-6H2,1-2H3,(H3,11,12). The van der Waals surface area contributed by atoms with Gasteiger partial charge in [0.25, 0.3) is 0 Å². The number of nitrogens with one attached hydrogen (secondary N) is 1. The van der Waals surface area contributed by atoms with Gasteiger partial charge in [-0.1, -0.05) is 19.8 Å². The Morgan fingerprint density at radius 2 is 2.23 bits per heavy atom. The van der Waals surface area contributed by atoms with Gasteiger partial charge in [-0.3, -0.25) is 5.41 Å². The lowest BCUT2D eigenvalue weighted by Gasteiger charge is -2.28. The van der Waals surface area contributed by atoms with Crippen molar-refractivity contribution >= 4 is 5.84 Å². The molecule has 1 aliphatic carbocycles. The number of amidine groups is 1. The van der Waals surface area contributed by atoms with E-state index < -0.39 is 0 Å².